The monoisotopic (exact) mass is 327 g/mol. The summed E-state index contributed by atoms with van der Waals surface area (Å²) in [6, 6.07) is 0.373. The van der Waals surface area contributed by atoms with Gasteiger partial charge in [-0.1, -0.05) is 12.8 Å². The summed E-state index contributed by atoms with van der Waals surface area (Å²) in [6.45, 7) is 0. The van der Waals surface area contributed by atoms with Crippen molar-refractivity contribution in [3.8, 4) is 0 Å². The van der Waals surface area contributed by atoms with Gasteiger partial charge in [0.05, 0.1) is 12.1 Å². The molecule has 1 amide bonds. The zero-order chi connectivity index (χ0) is 16.4. The van der Waals surface area contributed by atoms with Crippen LogP contribution in [0.5, 0.6) is 0 Å². The standard InChI is InChI=1S/C17H21N5O2/c23-17-12(7-11-3-1-2-4-14(11)20-17)8-15-21-22-16(24-15)9-13-10-18-5-6-19-13/h5-6,10-12,14H,1-4,7-9H2,(H,20,23). The SMILES string of the molecule is O=C1NC2CCCCC2CC1Cc1nnc(Cc2cnccn2)o1. The number of aromatic nitrogens is 4. The van der Waals surface area contributed by atoms with Crippen molar-refractivity contribution in [2.24, 2.45) is 11.8 Å². The molecule has 0 bridgehead atoms. The molecule has 7 heteroatoms. The van der Waals surface area contributed by atoms with Crippen molar-refractivity contribution in [3.05, 3.63) is 36.1 Å². The normalized spacial score (nSPS) is 26.7. The Morgan fingerprint density at radius 1 is 1.17 bits per heavy atom. The first kappa shape index (κ1) is 15.2. The number of rotatable bonds is 4. The van der Waals surface area contributed by atoms with Gasteiger partial charge in [-0.05, 0) is 25.2 Å². The van der Waals surface area contributed by atoms with E-state index in [1.807, 2.05) is 0 Å². The zero-order valence-electron chi connectivity index (χ0n) is 13.5. The summed E-state index contributed by atoms with van der Waals surface area (Å²) in [5, 5.41) is 11.4. The van der Waals surface area contributed by atoms with E-state index in [1.54, 1.807) is 18.6 Å². The van der Waals surface area contributed by atoms with Gasteiger partial charge in [-0.2, -0.15) is 0 Å². The highest BCUT2D eigenvalue weighted by atomic mass is 16.4. The van der Waals surface area contributed by atoms with Gasteiger partial charge in [0.1, 0.15) is 0 Å². The highest BCUT2D eigenvalue weighted by Gasteiger charge is 2.37. The second kappa shape index (κ2) is 6.67. The maximum Gasteiger partial charge on any atom is 0.223 e. The van der Waals surface area contributed by atoms with E-state index in [-0.39, 0.29) is 11.8 Å². The molecule has 3 unspecified atom stereocenters. The van der Waals surface area contributed by atoms with Crippen LogP contribution in [-0.2, 0) is 17.6 Å². The van der Waals surface area contributed by atoms with Crippen LogP contribution >= 0.6 is 0 Å². The maximum atomic E-state index is 12.3. The molecule has 1 saturated heterocycles. The maximum absolute atomic E-state index is 12.3. The van der Waals surface area contributed by atoms with Gasteiger partial charge >= 0.3 is 0 Å². The van der Waals surface area contributed by atoms with Crippen molar-refractivity contribution in [3.63, 3.8) is 0 Å². The van der Waals surface area contributed by atoms with Crippen LogP contribution in [0.25, 0.3) is 0 Å². The fourth-order valence-electron chi connectivity index (χ4n) is 3.86. The molecule has 3 heterocycles. The molecule has 1 N–H and O–H groups in total. The minimum atomic E-state index is -0.0610. The van der Waals surface area contributed by atoms with Gasteiger partial charge in [0.15, 0.2) is 0 Å². The number of nitrogens with one attached hydrogen (secondary N) is 1. The van der Waals surface area contributed by atoms with Gasteiger partial charge < -0.3 is 9.73 Å². The molecule has 1 aliphatic carbocycles. The summed E-state index contributed by atoms with van der Waals surface area (Å²) < 4.78 is 5.70. The third-order valence-corrected chi connectivity index (χ3v) is 5.07. The van der Waals surface area contributed by atoms with Crippen LogP contribution in [0.1, 0.15) is 49.6 Å². The lowest BCUT2D eigenvalue weighted by atomic mass is 9.75. The van der Waals surface area contributed by atoms with E-state index in [0.29, 0.717) is 36.6 Å². The summed E-state index contributed by atoms with van der Waals surface area (Å²) >= 11 is 0. The molecular formula is C17H21N5O2. The number of carbonyl (C=O) groups excluding carboxylic acids is 1. The Morgan fingerprint density at radius 3 is 2.92 bits per heavy atom. The number of fused-ring (bicyclic) bond motifs is 1. The second-order valence-electron chi connectivity index (χ2n) is 6.76. The molecule has 2 aromatic heterocycles. The quantitative estimate of drug-likeness (QED) is 0.918. The third-order valence-electron chi connectivity index (χ3n) is 5.07. The Bertz CT molecular complexity index is 702. The molecule has 1 saturated carbocycles. The smallest absolute Gasteiger partial charge is 0.223 e. The van der Waals surface area contributed by atoms with Gasteiger partial charge in [-0.3, -0.25) is 14.8 Å². The largest absolute Gasteiger partial charge is 0.425 e. The fourth-order valence-corrected chi connectivity index (χ4v) is 3.86. The molecule has 0 spiro atoms. The average Bonchev–Trinajstić information content (AvgIpc) is 3.03. The van der Waals surface area contributed by atoms with Crippen LogP contribution in [0.2, 0.25) is 0 Å². The summed E-state index contributed by atoms with van der Waals surface area (Å²) in [4.78, 5) is 20.6. The molecule has 1 aliphatic heterocycles. The number of hydrogen-bond donors (Lipinski definition) is 1. The molecule has 2 aromatic rings. The van der Waals surface area contributed by atoms with Crippen LogP contribution in [0.4, 0.5) is 0 Å². The Balaban J connectivity index is 1.39. The predicted molar refractivity (Wildman–Crippen MR) is 84.8 cm³/mol. The Hall–Kier alpha value is -2.31. The highest BCUT2D eigenvalue weighted by Crippen LogP contribution is 2.34. The predicted octanol–water partition coefficient (Wildman–Crippen LogP) is 1.69. The van der Waals surface area contributed by atoms with Gasteiger partial charge in [-0.15, -0.1) is 10.2 Å². The molecule has 2 aliphatic rings. The van der Waals surface area contributed by atoms with E-state index in [4.69, 9.17) is 4.42 Å². The minimum Gasteiger partial charge on any atom is -0.425 e. The van der Waals surface area contributed by atoms with Crippen molar-refractivity contribution in [2.45, 2.75) is 51.0 Å². The van der Waals surface area contributed by atoms with E-state index in [1.165, 1.54) is 19.3 Å². The molecule has 7 nitrogen and oxygen atoms in total. The molecule has 0 radical (unpaired) electrons. The van der Waals surface area contributed by atoms with Crippen molar-refractivity contribution >= 4 is 5.91 Å². The summed E-state index contributed by atoms with van der Waals surface area (Å²) in [5.41, 5.74) is 0.785. The molecule has 4 rings (SSSR count). The van der Waals surface area contributed by atoms with Gasteiger partial charge in [0.2, 0.25) is 17.7 Å². The first-order valence-electron chi connectivity index (χ1n) is 8.64. The lowest BCUT2D eigenvalue weighted by Crippen LogP contribution is -2.51. The van der Waals surface area contributed by atoms with E-state index < -0.39 is 0 Å². The van der Waals surface area contributed by atoms with Crippen LogP contribution < -0.4 is 5.32 Å². The topological polar surface area (TPSA) is 93.8 Å². The van der Waals surface area contributed by atoms with Crippen molar-refractivity contribution in [1.82, 2.24) is 25.5 Å². The second-order valence-corrected chi connectivity index (χ2v) is 6.76. The number of piperidine rings is 1. The molecule has 24 heavy (non-hydrogen) atoms. The number of amides is 1. The third kappa shape index (κ3) is 3.29. The highest BCUT2D eigenvalue weighted by molar-refractivity contribution is 5.80. The lowest BCUT2D eigenvalue weighted by molar-refractivity contribution is -0.130. The molecule has 0 aromatic carbocycles. The van der Waals surface area contributed by atoms with Crippen LogP contribution in [-0.4, -0.2) is 32.1 Å². The van der Waals surface area contributed by atoms with Crippen LogP contribution in [0.15, 0.2) is 23.0 Å². The first-order chi connectivity index (χ1) is 11.8. The van der Waals surface area contributed by atoms with Crippen molar-refractivity contribution in [2.75, 3.05) is 0 Å². The average molecular weight is 327 g/mol. The molecular weight excluding hydrogens is 306 g/mol. The van der Waals surface area contributed by atoms with Crippen LogP contribution in [0.3, 0.4) is 0 Å². The van der Waals surface area contributed by atoms with Crippen molar-refractivity contribution in [1.29, 1.82) is 0 Å². The lowest BCUT2D eigenvalue weighted by Gasteiger charge is -2.39. The summed E-state index contributed by atoms with van der Waals surface area (Å²) in [6.07, 6.45) is 11.7. The van der Waals surface area contributed by atoms with Gasteiger partial charge in [-0.25, -0.2) is 0 Å². The van der Waals surface area contributed by atoms with E-state index >= 15 is 0 Å². The Morgan fingerprint density at radius 2 is 2.04 bits per heavy atom. The van der Waals surface area contributed by atoms with Crippen LogP contribution in [0, 0.1) is 11.8 Å². The van der Waals surface area contributed by atoms with Gasteiger partial charge in [0.25, 0.3) is 0 Å². The zero-order valence-corrected chi connectivity index (χ0v) is 13.5. The van der Waals surface area contributed by atoms with E-state index in [0.717, 1.165) is 18.5 Å². The summed E-state index contributed by atoms with van der Waals surface area (Å²) in [7, 11) is 0. The molecule has 2 fully saturated rings. The first-order valence-corrected chi connectivity index (χ1v) is 8.64. The number of nitrogens with zero attached hydrogens (tertiary/aromatic N) is 4. The number of carbonyl (C=O) groups is 1. The molecule has 3 atom stereocenters. The fraction of sp³-hybridized carbons (Fsp3) is 0.588. The van der Waals surface area contributed by atoms with Crippen molar-refractivity contribution < 1.29 is 9.21 Å². The van der Waals surface area contributed by atoms with E-state index in [2.05, 4.69) is 25.5 Å². The van der Waals surface area contributed by atoms with E-state index in [9.17, 15) is 4.79 Å². The summed E-state index contributed by atoms with van der Waals surface area (Å²) in [5.74, 6) is 1.71. The Labute approximate surface area is 140 Å². The Kier molecular flexibility index (Phi) is 4.23. The van der Waals surface area contributed by atoms with Gasteiger partial charge in [0, 0.05) is 37.0 Å². The molecule has 126 valence electrons. The number of hydrogen-bond acceptors (Lipinski definition) is 6. The minimum absolute atomic E-state index is 0.0610.